The highest BCUT2D eigenvalue weighted by Crippen LogP contribution is 2.25. The fourth-order valence-electron chi connectivity index (χ4n) is 3.68. The number of hydrogen-bond acceptors (Lipinski definition) is 7. The Morgan fingerprint density at radius 1 is 0.970 bits per heavy atom. The van der Waals surface area contributed by atoms with Gasteiger partial charge in [-0.25, -0.2) is 8.42 Å². The van der Waals surface area contributed by atoms with E-state index in [0.717, 1.165) is 61.6 Å². The summed E-state index contributed by atoms with van der Waals surface area (Å²) < 4.78 is 36.4. The minimum absolute atomic E-state index is 0.112. The van der Waals surface area contributed by atoms with E-state index in [1.165, 1.54) is 9.99 Å². The number of morpholine rings is 1. The molecular weight excluding hydrogens is 444 g/mol. The summed E-state index contributed by atoms with van der Waals surface area (Å²) in [5.74, 6) is -0.363. The molecule has 33 heavy (non-hydrogen) atoms. The minimum atomic E-state index is -3.57. The molecular formula is C24H26N2O6S. The average Bonchev–Trinajstić information content (AvgIpc) is 2.81. The van der Waals surface area contributed by atoms with Crippen molar-refractivity contribution in [2.45, 2.75) is 13.1 Å². The zero-order valence-corrected chi connectivity index (χ0v) is 19.1. The molecule has 2 heterocycles. The molecule has 1 aliphatic heterocycles. The van der Waals surface area contributed by atoms with Gasteiger partial charge < -0.3 is 19.2 Å². The van der Waals surface area contributed by atoms with Gasteiger partial charge in [-0.3, -0.25) is 4.79 Å². The number of anilines is 1. The standard InChI is InChI=1S/C24H26N2O6S/c1-33(29,30)26(16-22-14-23(27)24(28)17-32-22)15-18-2-4-19(5-3-18)20-6-8-21(9-7-20)25-10-12-31-13-11-25/h2-9,14,17,28H,10-13,15-16H2,1H3. The first-order chi connectivity index (χ1) is 15.8. The molecule has 0 amide bonds. The molecule has 0 atom stereocenters. The smallest absolute Gasteiger partial charge is 0.226 e. The van der Waals surface area contributed by atoms with Crippen molar-refractivity contribution < 1.29 is 22.7 Å². The van der Waals surface area contributed by atoms with Gasteiger partial charge in [0.2, 0.25) is 15.5 Å². The summed E-state index contributed by atoms with van der Waals surface area (Å²) in [5.41, 5.74) is 3.46. The molecule has 0 spiro atoms. The van der Waals surface area contributed by atoms with Gasteiger partial charge in [0, 0.05) is 31.4 Å². The highest BCUT2D eigenvalue weighted by atomic mass is 32.2. The first-order valence-corrected chi connectivity index (χ1v) is 12.4. The Morgan fingerprint density at radius 3 is 2.15 bits per heavy atom. The Balaban J connectivity index is 1.46. The van der Waals surface area contributed by atoms with Crippen molar-refractivity contribution in [3.63, 3.8) is 0 Å². The van der Waals surface area contributed by atoms with Crippen molar-refractivity contribution in [1.29, 1.82) is 0 Å². The van der Waals surface area contributed by atoms with Crippen molar-refractivity contribution >= 4 is 15.7 Å². The van der Waals surface area contributed by atoms with Crippen LogP contribution in [0.15, 0.2) is 70.1 Å². The van der Waals surface area contributed by atoms with E-state index in [2.05, 4.69) is 29.2 Å². The molecule has 4 rings (SSSR count). The van der Waals surface area contributed by atoms with Gasteiger partial charge in [0.05, 0.1) is 26.0 Å². The maximum atomic E-state index is 12.3. The van der Waals surface area contributed by atoms with Crippen molar-refractivity contribution in [2.75, 3.05) is 37.5 Å². The summed E-state index contributed by atoms with van der Waals surface area (Å²) in [5, 5.41) is 9.33. The van der Waals surface area contributed by atoms with Crippen molar-refractivity contribution in [3.05, 3.63) is 82.4 Å². The van der Waals surface area contributed by atoms with Crippen LogP contribution in [-0.4, -0.2) is 50.4 Å². The third kappa shape index (κ3) is 5.81. The van der Waals surface area contributed by atoms with E-state index >= 15 is 0 Å². The normalized spacial score (nSPS) is 14.5. The molecule has 0 bridgehead atoms. The zero-order valence-electron chi connectivity index (χ0n) is 18.3. The number of nitrogens with zero attached hydrogens (tertiary/aromatic N) is 2. The van der Waals surface area contributed by atoms with Gasteiger partial charge in [0.15, 0.2) is 5.75 Å². The molecule has 0 saturated carbocycles. The largest absolute Gasteiger partial charge is 0.502 e. The lowest BCUT2D eigenvalue weighted by atomic mass is 10.0. The van der Waals surface area contributed by atoms with Gasteiger partial charge in [-0.1, -0.05) is 36.4 Å². The maximum Gasteiger partial charge on any atom is 0.226 e. The van der Waals surface area contributed by atoms with E-state index in [1.54, 1.807) is 0 Å². The van der Waals surface area contributed by atoms with Crippen LogP contribution in [0.4, 0.5) is 5.69 Å². The summed E-state index contributed by atoms with van der Waals surface area (Å²) in [4.78, 5) is 13.9. The Kier molecular flexibility index (Phi) is 6.83. The van der Waals surface area contributed by atoms with E-state index in [0.29, 0.717) is 0 Å². The van der Waals surface area contributed by atoms with Crippen LogP contribution >= 0.6 is 0 Å². The number of ether oxygens (including phenoxy) is 1. The molecule has 0 unspecified atom stereocenters. The van der Waals surface area contributed by atoms with E-state index in [9.17, 15) is 18.3 Å². The van der Waals surface area contributed by atoms with Gasteiger partial charge >= 0.3 is 0 Å². The van der Waals surface area contributed by atoms with Gasteiger partial charge in [-0.2, -0.15) is 4.31 Å². The molecule has 1 N–H and O–H groups in total. The summed E-state index contributed by atoms with van der Waals surface area (Å²) in [6.07, 6.45) is 2.02. The number of hydrogen-bond donors (Lipinski definition) is 1. The zero-order chi connectivity index (χ0) is 23.4. The van der Waals surface area contributed by atoms with Crippen molar-refractivity contribution in [2.24, 2.45) is 0 Å². The lowest BCUT2D eigenvalue weighted by Crippen LogP contribution is -2.36. The second kappa shape index (κ2) is 9.78. The molecule has 1 fully saturated rings. The topological polar surface area (TPSA) is 100 Å². The summed E-state index contributed by atoms with van der Waals surface area (Å²) in [7, 11) is -3.57. The Hall–Kier alpha value is -3.14. The molecule has 1 aliphatic rings. The lowest BCUT2D eigenvalue weighted by Gasteiger charge is -2.28. The monoisotopic (exact) mass is 470 g/mol. The predicted octanol–water partition coefficient (Wildman–Crippen LogP) is 2.81. The van der Waals surface area contributed by atoms with Gasteiger partial charge in [-0.15, -0.1) is 0 Å². The molecule has 3 aromatic rings. The predicted molar refractivity (Wildman–Crippen MR) is 126 cm³/mol. The van der Waals surface area contributed by atoms with Crippen LogP contribution in [0.5, 0.6) is 5.75 Å². The molecule has 8 nitrogen and oxygen atoms in total. The van der Waals surface area contributed by atoms with Crippen molar-refractivity contribution in [3.8, 4) is 16.9 Å². The second-order valence-electron chi connectivity index (χ2n) is 7.97. The number of sulfonamides is 1. The number of rotatable bonds is 7. The van der Waals surface area contributed by atoms with Crippen LogP contribution in [0.1, 0.15) is 11.3 Å². The Labute approximate surface area is 192 Å². The molecule has 1 aromatic heterocycles. The van der Waals surface area contributed by atoms with Crippen LogP contribution in [0.25, 0.3) is 11.1 Å². The van der Waals surface area contributed by atoms with Gasteiger partial charge in [-0.05, 0) is 28.8 Å². The Bertz CT molecular complexity index is 1250. The molecule has 174 valence electrons. The molecule has 2 aromatic carbocycles. The molecule has 0 aliphatic carbocycles. The average molecular weight is 471 g/mol. The third-order valence-electron chi connectivity index (χ3n) is 5.56. The van der Waals surface area contributed by atoms with Crippen LogP contribution < -0.4 is 10.3 Å². The van der Waals surface area contributed by atoms with Crippen LogP contribution in [-0.2, 0) is 27.8 Å². The van der Waals surface area contributed by atoms with Crippen LogP contribution in [0.3, 0.4) is 0 Å². The van der Waals surface area contributed by atoms with E-state index in [4.69, 9.17) is 9.15 Å². The fourth-order valence-corrected chi connectivity index (χ4v) is 4.43. The van der Waals surface area contributed by atoms with Crippen molar-refractivity contribution in [1.82, 2.24) is 4.31 Å². The number of benzene rings is 2. The van der Waals surface area contributed by atoms with E-state index in [-0.39, 0.29) is 18.8 Å². The molecule has 1 saturated heterocycles. The molecule has 9 heteroatoms. The maximum absolute atomic E-state index is 12.3. The highest BCUT2D eigenvalue weighted by Gasteiger charge is 2.19. The second-order valence-corrected chi connectivity index (χ2v) is 9.95. The van der Waals surface area contributed by atoms with E-state index < -0.39 is 21.2 Å². The fraction of sp³-hybridized carbons (Fsp3) is 0.292. The van der Waals surface area contributed by atoms with Crippen LogP contribution in [0, 0.1) is 0 Å². The highest BCUT2D eigenvalue weighted by molar-refractivity contribution is 7.88. The van der Waals surface area contributed by atoms with Gasteiger partial charge in [0.1, 0.15) is 12.0 Å². The molecule has 0 radical (unpaired) electrons. The summed E-state index contributed by atoms with van der Waals surface area (Å²) in [6.45, 7) is 3.27. The summed E-state index contributed by atoms with van der Waals surface area (Å²) in [6, 6.07) is 17.1. The van der Waals surface area contributed by atoms with Gasteiger partial charge in [0.25, 0.3) is 0 Å². The quantitative estimate of drug-likeness (QED) is 0.567. The van der Waals surface area contributed by atoms with E-state index in [1.807, 2.05) is 24.3 Å². The minimum Gasteiger partial charge on any atom is -0.502 e. The summed E-state index contributed by atoms with van der Waals surface area (Å²) >= 11 is 0. The lowest BCUT2D eigenvalue weighted by molar-refractivity contribution is 0.122. The first kappa shape index (κ1) is 23.0. The Morgan fingerprint density at radius 2 is 1.58 bits per heavy atom. The third-order valence-corrected chi connectivity index (χ3v) is 6.75. The SMILES string of the molecule is CS(=O)(=O)N(Cc1ccc(-c2ccc(N3CCOCC3)cc2)cc1)Cc1cc(=O)c(O)co1. The van der Waals surface area contributed by atoms with Crippen LogP contribution in [0.2, 0.25) is 0 Å². The number of aromatic hydroxyl groups is 1. The first-order valence-electron chi connectivity index (χ1n) is 10.6.